The number of hydrogen-bond acceptors (Lipinski definition) is 4. The fourth-order valence-electron chi connectivity index (χ4n) is 2.12. The van der Waals surface area contributed by atoms with Crippen LogP contribution < -0.4 is 15.4 Å². The van der Waals surface area contributed by atoms with Crippen LogP contribution in [0.25, 0.3) is 0 Å². The van der Waals surface area contributed by atoms with Crippen LogP contribution in [0.5, 0.6) is 5.75 Å². The molecule has 1 aromatic carbocycles. The second-order valence-electron chi connectivity index (χ2n) is 5.13. The maximum absolute atomic E-state index is 12.4. The third kappa shape index (κ3) is 4.98. The first-order valence-electron chi connectivity index (χ1n) is 7.96. The molecule has 122 valence electrons. The van der Waals surface area contributed by atoms with Gasteiger partial charge in [-0.25, -0.2) is 0 Å². The Morgan fingerprint density at radius 2 is 2.04 bits per heavy atom. The first-order chi connectivity index (χ1) is 11.2. The van der Waals surface area contributed by atoms with E-state index >= 15 is 0 Å². The van der Waals surface area contributed by atoms with Crippen LogP contribution >= 0.6 is 0 Å². The Labute approximate surface area is 137 Å². The van der Waals surface area contributed by atoms with Crippen LogP contribution in [0.15, 0.2) is 42.7 Å². The summed E-state index contributed by atoms with van der Waals surface area (Å²) < 4.78 is 5.52. The number of amides is 1. The first kappa shape index (κ1) is 16.8. The van der Waals surface area contributed by atoms with Crippen LogP contribution in [0.2, 0.25) is 0 Å². The highest BCUT2D eigenvalue weighted by Gasteiger charge is 2.10. The van der Waals surface area contributed by atoms with E-state index in [-0.39, 0.29) is 5.91 Å². The largest absolute Gasteiger partial charge is 0.492 e. The molecule has 0 unspecified atom stereocenters. The molecule has 0 fully saturated rings. The molecule has 5 heteroatoms. The lowest BCUT2D eigenvalue weighted by Gasteiger charge is -2.12. The molecule has 23 heavy (non-hydrogen) atoms. The van der Waals surface area contributed by atoms with Crippen molar-refractivity contribution in [1.29, 1.82) is 0 Å². The number of rotatable bonds is 8. The molecule has 2 aromatic rings. The molecular formula is C18H23N3O2. The van der Waals surface area contributed by atoms with Gasteiger partial charge < -0.3 is 15.4 Å². The van der Waals surface area contributed by atoms with E-state index < -0.39 is 0 Å². The smallest absolute Gasteiger partial charge is 0.257 e. The van der Waals surface area contributed by atoms with E-state index in [2.05, 4.69) is 22.5 Å². The van der Waals surface area contributed by atoms with E-state index in [0.717, 1.165) is 25.1 Å². The molecule has 2 rings (SSSR count). The Kier molecular flexibility index (Phi) is 6.41. The van der Waals surface area contributed by atoms with Crippen molar-refractivity contribution in [2.75, 3.05) is 23.8 Å². The standard InChI is InChI=1S/C18H23N3O2/c1-3-5-10-20-15-11-14(12-19-13-15)18(22)21-16-8-6-7-9-17(16)23-4-2/h6-9,11-13,20H,3-5,10H2,1-2H3,(H,21,22). The maximum atomic E-state index is 12.4. The van der Waals surface area contributed by atoms with Crippen molar-refractivity contribution in [1.82, 2.24) is 4.98 Å². The van der Waals surface area contributed by atoms with Crippen molar-refractivity contribution in [2.24, 2.45) is 0 Å². The van der Waals surface area contributed by atoms with Gasteiger partial charge in [0.15, 0.2) is 0 Å². The number of benzene rings is 1. The number of nitrogens with zero attached hydrogens (tertiary/aromatic N) is 1. The Morgan fingerprint density at radius 1 is 1.22 bits per heavy atom. The highest BCUT2D eigenvalue weighted by Crippen LogP contribution is 2.24. The number of unbranched alkanes of at least 4 members (excludes halogenated alkanes) is 1. The summed E-state index contributed by atoms with van der Waals surface area (Å²) in [6, 6.07) is 9.20. The third-order valence-corrected chi connectivity index (χ3v) is 3.29. The number of anilines is 2. The predicted molar refractivity (Wildman–Crippen MR) is 93.2 cm³/mol. The normalized spacial score (nSPS) is 10.2. The summed E-state index contributed by atoms with van der Waals surface area (Å²) in [5.74, 6) is 0.456. The van der Waals surface area contributed by atoms with Crippen LogP contribution in [-0.4, -0.2) is 24.0 Å². The predicted octanol–water partition coefficient (Wildman–Crippen LogP) is 3.94. The Bertz CT molecular complexity index is 644. The van der Waals surface area contributed by atoms with E-state index in [1.807, 2.05) is 31.2 Å². The number of carbonyl (C=O) groups excluding carboxylic acids is 1. The lowest BCUT2D eigenvalue weighted by atomic mass is 10.2. The van der Waals surface area contributed by atoms with Crippen LogP contribution in [0.1, 0.15) is 37.0 Å². The molecule has 0 bridgehead atoms. The van der Waals surface area contributed by atoms with Gasteiger partial charge in [0.2, 0.25) is 0 Å². The van der Waals surface area contributed by atoms with E-state index in [0.29, 0.717) is 23.6 Å². The molecule has 0 atom stereocenters. The minimum Gasteiger partial charge on any atom is -0.492 e. The molecule has 0 saturated heterocycles. The van der Waals surface area contributed by atoms with Crippen LogP contribution in [0, 0.1) is 0 Å². The monoisotopic (exact) mass is 313 g/mol. The van der Waals surface area contributed by atoms with Crippen LogP contribution in [0.3, 0.4) is 0 Å². The van der Waals surface area contributed by atoms with E-state index in [1.54, 1.807) is 18.5 Å². The second-order valence-corrected chi connectivity index (χ2v) is 5.13. The van der Waals surface area contributed by atoms with Crippen LogP contribution in [0.4, 0.5) is 11.4 Å². The number of nitrogens with one attached hydrogen (secondary N) is 2. The van der Waals surface area contributed by atoms with Crippen molar-refractivity contribution in [2.45, 2.75) is 26.7 Å². The Morgan fingerprint density at radius 3 is 2.83 bits per heavy atom. The fourth-order valence-corrected chi connectivity index (χ4v) is 2.12. The molecule has 1 amide bonds. The summed E-state index contributed by atoms with van der Waals surface area (Å²) in [7, 11) is 0. The minimum atomic E-state index is -0.205. The summed E-state index contributed by atoms with van der Waals surface area (Å²) in [5, 5.41) is 6.14. The van der Waals surface area contributed by atoms with E-state index in [4.69, 9.17) is 4.74 Å². The summed E-state index contributed by atoms with van der Waals surface area (Å²) in [5.41, 5.74) is 2.02. The number of hydrogen-bond donors (Lipinski definition) is 2. The van der Waals surface area contributed by atoms with Gasteiger partial charge in [-0.15, -0.1) is 0 Å². The minimum absolute atomic E-state index is 0.205. The van der Waals surface area contributed by atoms with Gasteiger partial charge in [-0.3, -0.25) is 9.78 Å². The highest BCUT2D eigenvalue weighted by atomic mass is 16.5. The van der Waals surface area contributed by atoms with Crippen molar-refractivity contribution in [3.63, 3.8) is 0 Å². The number of para-hydroxylation sites is 2. The van der Waals surface area contributed by atoms with Crippen molar-refractivity contribution in [3.8, 4) is 5.75 Å². The zero-order chi connectivity index (χ0) is 16.5. The van der Waals surface area contributed by atoms with Gasteiger partial charge in [0.25, 0.3) is 5.91 Å². The lowest BCUT2D eigenvalue weighted by molar-refractivity contribution is 0.102. The topological polar surface area (TPSA) is 63.2 Å². The van der Waals surface area contributed by atoms with Gasteiger partial charge >= 0.3 is 0 Å². The average molecular weight is 313 g/mol. The molecule has 0 aliphatic heterocycles. The molecule has 1 heterocycles. The molecule has 0 radical (unpaired) electrons. The third-order valence-electron chi connectivity index (χ3n) is 3.29. The Hall–Kier alpha value is -2.56. The molecule has 5 nitrogen and oxygen atoms in total. The van der Waals surface area contributed by atoms with Gasteiger partial charge in [0.05, 0.1) is 23.5 Å². The quantitative estimate of drug-likeness (QED) is 0.724. The fraction of sp³-hybridized carbons (Fsp3) is 0.333. The number of pyridine rings is 1. The van der Waals surface area contributed by atoms with Crippen molar-refractivity contribution < 1.29 is 9.53 Å². The summed E-state index contributed by atoms with van der Waals surface area (Å²) in [6.45, 7) is 5.47. The first-order valence-corrected chi connectivity index (χ1v) is 7.96. The molecular weight excluding hydrogens is 290 g/mol. The lowest BCUT2D eigenvalue weighted by Crippen LogP contribution is -2.14. The van der Waals surface area contributed by atoms with E-state index in [1.165, 1.54) is 0 Å². The Balaban J connectivity index is 2.07. The number of ether oxygens (including phenoxy) is 1. The van der Waals surface area contributed by atoms with Gasteiger partial charge in [0, 0.05) is 18.9 Å². The molecule has 0 saturated carbocycles. The summed E-state index contributed by atoms with van der Waals surface area (Å²) >= 11 is 0. The van der Waals surface area contributed by atoms with Crippen molar-refractivity contribution in [3.05, 3.63) is 48.3 Å². The molecule has 0 aliphatic carbocycles. The number of carbonyl (C=O) groups is 1. The maximum Gasteiger partial charge on any atom is 0.257 e. The molecule has 0 aliphatic rings. The summed E-state index contributed by atoms with van der Waals surface area (Å²) in [6.07, 6.45) is 5.48. The molecule has 0 spiro atoms. The van der Waals surface area contributed by atoms with E-state index in [9.17, 15) is 4.79 Å². The second kappa shape index (κ2) is 8.78. The zero-order valence-electron chi connectivity index (χ0n) is 13.6. The molecule has 1 aromatic heterocycles. The zero-order valence-corrected chi connectivity index (χ0v) is 13.6. The van der Waals surface area contributed by atoms with Gasteiger partial charge in [0.1, 0.15) is 5.75 Å². The summed E-state index contributed by atoms with van der Waals surface area (Å²) in [4.78, 5) is 16.5. The van der Waals surface area contributed by atoms with Crippen molar-refractivity contribution >= 4 is 17.3 Å². The average Bonchev–Trinajstić information content (AvgIpc) is 2.57. The highest BCUT2D eigenvalue weighted by molar-refractivity contribution is 6.05. The van der Waals surface area contributed by atoms with Gasteiger partial charge in [-0.1, -0.05) is 25.5 Å². The van der Waals surface area contributed by atoms with Gasteiger partial charge in [-0.2, -0.15) is 0 Å². The number of aromatic nitrogens is 1. The van der Waals surface area contributed by atoms with Gasteiger partial charge in [-0.05, 0) is 31.5 Å². The molecule has 2 N–H and O–H groups in total. The SMILES string of the molecule is CCCCNc1cncc(C(=O)Nc2ccccc2OCC)c1. The van der Waals surface area contributed by atoms with Crippen LogP contribution in [-0.2, 0) is 0 Å².